The average molecular weight is 352 g/mol. The average Bonchev–Trinajstić information content (AvgIpc) is 3.25. The lowest BCUT2D eigenvalue weighted by molar-refractivity contribution is 0.919. The van der Waals surface area contributed by atoms with Gasteiger partial charge in [0.2, 0.25) is 0 Å². The molecule has 0 bridgehead atoms. The number of rotatable bonds is 5. The van der Waals surface area contributed by atoms with Crippen molar-refractivity contribution in [2.24, 2.45) is 0 Å². The van der Waals surface area contributed by atoms with Crippen LogP contribution in [0.2, 0.25) is 6.32 Å². The maximum atomic E-state index is 3.96. The molecule has 134 valence electrons. The maximum absolute atomic E-state index is 3.96. The monoisotopic (exact) mass is 352 g/mol. The van der Waals surface area contributed by atoms with E-state index in [9.17, 15) is 0 Å². The van der Waals surface area contributed by atoms with E-state index in [1.807, 2.05) is 24.4 Å². The summed E-state index contributed by atoms with van der Waals surface area (Å²) in [7, 11) is 2.24. The van der Waals surface area contributed by atoms with Crippen LogP contribution < -0.4 is 0 Å². The third kappa shape index (κ3) is 5.72. The fourth-order valence-electron chi connectivity index (χ4n) is 3.23. The molecule has 1 aromatic heterocycles. The Kier molecular flexibility index (Phi) is 7.05. The van der Waals surface area contributed by atoms with Crippen LogP contribution in [0.4, 0.5) is 0 Å². The van der Waals surface area contributed by atoms with E-state index < -0.39 is 0 Å². The second-order valence-corrected chi connectivity index (χ2v) is 6.52. The molecule has 3 heteroatoms. The van der Waals surface area contributed by atoms with Crippen molar-refractivity contribution in [3.8, 4) is 0 Å². The fraction of sp³-hybridized carbons (Fsp3) is 0.125. The fourth-order valence-corrected chi connectivity index (χ4v) is 3.23. The first-order valence-electron chi connectivity index (χ1n) is 9.48. The molecule has 0 saturated heterocycles. The molecular weight excluding hydrogens is 327 g/mol. The molecule has 1 N–H and O–H groups in total. The largest absolute Gasteiger partial charge is 0.348 e. The number of nitrogens with zero attached hydrogens (tertiary/aromatic N) is 1. The molecule has 1 heterocycles. The van der Waals surface area contributed by atoms with E-state index in [0.29, 0.717) is 5.92 Å². The Labute approximate surface area is 162 Å². The number of H-pyrrole nitrogens is 1. The van der Waals surface area contributed by atoms with Crippen molar-refractivity contribution in [3.05, 3.63) is 126 Å². The zero-order valence-electron chi connectivity index (χ0n) is 15.8. The molecule has 4 aromatic rings. The first-order valence-corrected chi connectivity index (χ1v) is 9.48. The first-order chi connectivity index (χ1) is 13.4. The molecule has 0 aliphatic carbocycles. The molecule has 0 aliphatic heterocycles. The molecule has 4 rings (SSSR count). The van der Waals surface area contributed by atoms with Gasteiger partial charge in [-0.3, -0.25) is 0 Å². The summed E-state index contributed by atoms with van der Waals surface area (Å²) >= 11 is 0. The minimum atomic E-state index is 0.535. The summed E-state index contributed by atoms with van der Waals surface area (Å²) in [6.45, 7) is 0. The van der Waals surface area contributed by atoms with Crippen molar-refractivity contribution >= 4 is 7.85 Å². The maximum Gasteiger partial charge on any atom is 0.102 e. The van der Waals surface area contributed by atoms with E-state index in [-0.39, 0.29) is 0 Å². The van der Waals surface area contributed by atoms with Crippen LogP contribution in [0.1, 0.15) is 28.3 Å². The van der Waals surface area contributed by atoms with Gasteiger partial charge >= 0.3 is 0 Å². The van der Waals surface area contributed by atoms with Crippen LogP contribution in [0.25, 0.3) is 0 Å². The van der Waals surface area contributed by atoms with E-state index in [4.69, 9.17) is 0 Å². The number of imidazole rings is 1. The molecule has 0 saturated carbocycles. The highest BCUT2D eigenvalue weighted by Gasteiger charge is 2.10. The Hall–Kier alpha value is -3.07. The van der Waals surface area contributed by atoms with Crippen LogP contribution in [-0.4, -0.2) is 17.8 Å². The van der Waals surface area contributed by atoms with Crippen LogP contribution in [0, 0.1) is 0 Å². The SMILES string of the molecule is BCC(c1ccccc1)c1ccccc1.c1ccc(Cc2cnc[nH]2)cc1. The van der Waals surface area contributed by atoms with E-state index in [2.05, 4.69) is 90.6 Å². The summed E-state index contributed by atoms with van der Waals surface area (Å²) in [5.74, 6) is 0.535. The summed E-state index contributed by atoms with van der Waals surface area (Å²) in [6.07, 6.45) is 5.64. The van der Waals surface area contributed by atoms with Gasteiger partial charge in [0, 0.05) is 24.2 Å². The van der Waals surface area contributed by atoms with Gasteiger partial charge in [-0.05, 0) is 16.7 Å². The van der Waals surface area contributed by atoms with Crippen LogP contribution in [0.3, 0.4) is 0 Å². The molecule has 0 radical (unpaired) electrons. The van der Waals surface area contributed by atoms with E-state index >= 15 is 0 Å². The first kappa shape index (κ1) is 18.7. The van der Waals surface area contributed by atoms with Gasteiger partial charge in [-0.2, -0.15) is 0 Å². The van der Waals surface area contributed by atoms with Crippen LogP contribution in [0.5, 0.6) is 0 Å². The highest BCUT2D eigenvalue weighted by Crippen LogP contribution is 2.26. The van der Waals surface area contributed by atoms with Gasteiger partial charge in [0.15, 0.2) is 0 Å². The molecule has 0 spiro atoms. The molecular formula is C24H25BN2. The molecule has 2 nitrogen and oxygen atoms in total. The Bertz CT molecular complexity index is 836. The van der Waals surface area contributed by atoms with Crippen molar-refractivity contribution in [2.75, 3.05) is 0 Å². The van der Waals surface area contributed by atoms with E-state index in [1.54, 1.807) is 6.33 Å². The van der Waals surface area contributed by atoms with Gasteiger partial charge in [0.05, 0.1) is 6.33 Å². The molecule has 27 heavy (non-hydrogen) atoms. The molecule has 0 fully saturated rings. The summed E-state index contributed by atoms with van der Waals surface area (Å²) < 4.78 is 0. The minimum Gasteiger partial charge on any atom is -0.348 e. The highest BCUT2D eigenvalue weighted by atomic mass is 14.9. The van der Waals surface area contributed by atoms with Gasteiger partial charge in [-0.25, -0.2) is 4.98 Å². The Morgan fingerprint density at radius 2 is 1.26 bits per heavy atom. The lowest BCUT2D eigenvalue weighted by Gasteiger charge is -2.15. The third-order valence-corrected chi connectivity index (χ3v) is 4.60. The second-order valence-electron chi connectivity index (χ2n) is 6.52. The van der Waals surface area contributed by atoms with Crippen molar-refractivity contribution in [2.45, 2.75) is 18.7 Å². The molecule has 0 atom stereocenters. The number of aromatic amines is 1. The van der Waals surface area contributed by atoms with Gasteiger partial charge in [0.1, 0.15) is 7.85 Å². The minimum absolute atomic E-state index is 0.535. The summed E-state index contributed by atoms with van der Waals surface area (Å²) in [5, 5.41) is 0. The summed E-state index contributed by atoms with van der Waals surface area (Å²) in [6, 6.07) is 31.8. The Morgan fingerprint density at radius 1 is 0.741 bits per heavy atom. The topological polar surface area (TPSA) is 28.7 Å². The molecule has 3 aromatic carbocycles. The normalized spacial score (nSPS) is 10.3. The molecule has 0 amide bonds. The Morgan fingerprint density at radius 3 is 1.70 bits per heavy atom. The van der Waals surface area contributed by atoms with Crippen LogP contribution in [0.15, 0.2) is 104 Å². The predicted molar refractivity (Wildman–Crippen MR) is 116 cm³/mol. The zero-order valence-corrected chi connectivity index (χ0v) is 15.8. The summed E-state index contributed by atoms with van der Waals surface area (Å²) in [5.41, 5.74) is 5.28. The van der Waals surface area contributed by atoms with Gasteiger partial charge in [-0.15, -0.1) is 0 Å². The van der Waals surface area contributed by atoms with Crippen molar-refractivity contribution < 1.29 is 0 Å². The molecule has 0 unspecified atom stereocenters. The zero-order chi connectivity index (χ0) is 18.7. The van der Waals surface area contributed by atoms with Crippen LogP contribution in [-0.2, 0) is 6.42 Å². The van der Waals surface area contributed by atoms with Crippen molar-refractivity contribution in [1.82, 2.24) is 9.97 Å². The third-order valence-electron chi connectivity index (χ3n) is 4.60. The number of nitrogens with one attached hydrogen (secondary N) is 1. The predicted octanol–water partition coefficient (Wildman–Crippen LogP) is 4.87. The summed E-state index contributed by atoms with van der Waals surface area (Å²) in [4.78, 5) is 7.04. The number of benzene rings is 3. The van der Waals surface area contributed by atoms with E-state index in [0.717, 1.165) is 18.4 Å². The highest BCUT2D eigenvalue weighted by molar-refractivity contribution is 6.09. The number of aromatic nitrogens is 2. The Balaban J connectivity index is 0.000000159. The smallest absolute Gasteiger partial charge is 0.102 e. The van der Waals surface area contributed by atoms with Crippen LogP contribution >= 0.6 is 0 Å². The quantitative estimate of drug-likeness (QED) is 0.510. The number of hydrogen-bond acceptors (Lipinski definition) is 1. The van der Waals surface area contributed by atoms with Gasteiger partial charge in [0.25, 0.3) is 0 Å². The molecule has 0 aliphatic rings. The lowest BCUT2D eigenvalue weighted by atomic mass is 9.81. The number of hydrogen-bond donors (Lipinski definition) is 1. The second kappa shape index (κ2) is 10.2. The lowest BCUT2D eigenvalue weighted by Crippen LogP contribution is -1.99. The van der Waals surface area contributed by atoms with Gasteiger partial charge in [-0.1, -0.05) is 97.3 Å². The van der Waals surface area contributed by atoms with Crippen molar-refractivity contribution in [1.29, 1.82) is 0 Å². The van der Waals surface area contributed by atoms with Gasteiger partial charge < -0.3 is 4.98 Å². The van der Waals surface area contributed by atoms with E-state index in [1.165, 1.54) is 16.7 Å². The standard InChI is InChI=1S/C14H15B.C10H10N2/c15-11-14(12-7-3-1-4-8-12)13-9-5-2-6-10-13;1-2-4-9(5-3-1)6-10-7-11-8-12-10/h1-10,14H,11,15H2;1-5,7-8H,6H2,(H,11,12). The van der Waals surface area contributed by atoms with Crippen molar-refractivity contribution in [3.63, 3.8) is 0 Å².